The molecule has 0 heterocycles. The number of hydrogen-bond donors (Lipinski definition) is 1. The molecule has 0 bridgehead atoms. The summed E-state index contributed by atoms with van der Waals surface area (Å²) >= 11 is 4.96. The highest BCUT2D eigenvalue weighted by Gasteiger charge is 2.07. The Morgan fingerprint density at radius 3 is 2.83 bits per heavy atom. The predicted molar refractivity (Wildman–Crippen MR) is 96.6 cm³/mol. The van der Waals surface area contributed by atoms with Gasteiger partial charge >= 0.3 is 0 Å². The van der Waals surface area contributed by atoms with Gasteiger partial charge in [0.2, 0.25) is 5.91 Å². The highest BCUT2D eigenvalue weighted by molar-refractivity contribution is 9.10. The molecule has 6 heteroatoms. The number of thioether (sulfide) groups is 1. The number of hydrogen-bond acceptors (Lipinski definition) is 4. The highest BCUT2D eigenvalue weighted by Crippen LogP contribution is 2.27. The van der Waals surface area contributed by atoms with Crippen molar-refractivity contribution in [2.24, 2.45) is 0 Å². The van der Waals surface area contributed by atoms with E-state index in [0.29, 0.717) is 17.0 Å². The first kappa shape index (κ1) is 17.4. The van der Waals surface area contributed by atoms with Gasteiger partial charge in [0.15, 0.2) is 0 Å². The Bertz CT molecular complexity index is 744. The summed E-state index contributed by atoms with van der Waals surface area (Å²) in [7, 11) is 1.62. The molecule has 0 aliphatic rings. The summed E-state index contributed by atoms with van der Waals surface area (Å²) in [6.45, 7) is 0. The van der Waals surface area contributed by atoms with Crippen LogP contribution in [0.15, 0.2) is 46.9 Å². The molecule has 0 radical (unpaired) electrons. The third-order valence-corrected chi connectivity index (χ3v) is 4.66. The standard InChI is InChI=1S/C17H15BrN2O2S/c1-22-16-7-6-12(8-14(16)18)10-23-11-17(21)20-15-5-3-2-4-13(15)9-19/h2-8H,10-11H2,1H3,(H,20,21). The average Bonchev–Trinajstić information content (AvgIpc) is 2.55. The molecule has 0 saturated heterocycles. The number of carbonyl (C=O) groups is 1. The molecule has 0 fully saturated rings. The Balaban J connectivity index is 1.85. The number of para-hydroxylation sites is 1. The minimum Gasteiger partial charge on any atom is -0.496 e. The fourth-order valence-electron chi connectivity index (χ4n) is 1.94. The van der Waals surface area contributed by atoms with Gasteiger partial charge in [-0.1, -0.05) is 18.2 Å². The second-order valence-electron chi connectivity index (χ2n) is 4.67. The van der Waals surface area contributed by atoms with Crippen LogP contribution in [0.4, 0.5) is 5.69 Å². The van der Waals surface area contributed by atoms with E-state index in [1.54, 1.807) is 31.4 Å². The molecule has 2 aromatic rings. The molecule has 0 atom stereocenters. The third-order valence-electron chi connectivity index (χ3n) is 3.04. The second kappa shape index (κ2) is 8.61. The Kier molecular flexibility index (Phi) is 6.51. The summed E-state index contributed by atoms with van der Waals surface area (Å²) in [6, 6.07) is 14.9. The Morgan fingerprint density at radius 1 is 1.35 bits per heavy atom. The second-order valence-corrected chi connectivity index (χ2v) is 6.51. The minimum atomic E-state index is -0.120. The number of ether oxygens (including phenoxy) is 1. The van der Waals surface area contributed by atoms with Crippen LogP contribution in [0.2, 0.25) is 0 Å². The van der Waals surface area contributed by atoms with Gasteiger partial charge < -0.3 is 10.1 Å². The van der Waals surface area contributed by atoms with Crippen LogP contribution in [0.1, 0.15) is 11.1 Å². The first-order valence-corrected chi connectivity index (χ1v) is 8.78. The number of nitrogens with zero attached hydrogens (tertiary/aromatic N) is 1. The van der Waals surface area contributed by atoms with E-state index >= 15 is 0 Å². The van der Waals surface area contributed by atoms with E-state index in [1.165, 1.54) is 11.8 Å². The van der Waals surface area contributed by atoms with E-state index in [4.69, 9.17) is 10.00 Å². The summed E-state index contributed by atoms with van der Waals surface area (Å²) in [4.78, 5) is 12.0. The van der Waals surface area contributed by atoms with Gasteiger partial charge in [0.25, 0.3) is 0 Å². The average molecular weight is 391 g/mol. The number of rotatable bonds is 6. The molecule has 1 amide bonds. The maximum atomic E-state index is 12.0. The van der Waals surface area contributed by atoms with Crippen LogP contribution in [0.5, 0.6) is 5.75 Å². The molecule has 2 rings (SSSR count). The normalized spacial score (nSPS) is 9.96. The van der Waals surface area contributed by atoms with Crippen LogP contribution in [-0.4, -0.2) is 18.8 Å². The van der Waals surface area contributed by atoms with Crippen LogP contribution in [0.25, 0.3) is 0 Å². The van der Waals surface area contributed by atoms with Crippen molar-refractivity contribution in [3.63, 3.8) is 0 Å². The molecule has 0 aliphatic heterocycles. The monoisotopic (exact) mass is 390 g/mol. The van der Waals surface area contributed by atoms with E-state index in [2.05, 4.69) is 27.3 Å². The van der Waals surface area contributed by atoms with Gasteiger partial charge in [-0.25, -0.2) is 0 Å². The fraction of sp³-hybridized carbons (Fsp3) is 0.176. The van der Waals surface area contributed by atoms with Gasteiger partial charge in [0.05, 0.1) is 28.6 Å². The number of nitriles is 1. The van der Waals surface area contributed by atoms with E-state index in [0.717, 1.165) is 21.5 Å². The molecule has 4 nitrogen and oxygen atoms in total. The number of methoxy groups -OCH3 is 1. The lowest BCUT2D eigenvalue weighted by Crippen LogP contribution is -2.15. The van der Waals surface area contributed by atoms with Crippen LogP contribution in [-0.2, 0) is 10.5 Å². The van der Waals surface area contributed by atoms with Crippen LogP contribution >= 0.6 is 27.7 Å². The van der Waals surface area contributed by atoms with Crippen molar-refractivity contribution in [3.05, 3.63) is 58.1 Å². The van der Waals surface area contributed by atoms with E-state index in [-0.39, 0.29) is 5.91 Å². The third kappa shape index (κ3) is 5.02. The molecule has 0 aliphatic carbocycles. The zero-order chi connectivity index (χ0) is 16.7. The van der Waals surface area contributed by atoms with Crippen molar-refractivity contribution < 1.29 is 9.53 Å². The van der Waals surface area contributed by atoms with Crippen molar-refractivity contribution in [1.29, 1.82) is 5.26 Å². The number of benzene rings is 2. The van der Waals surface area contributed by atoms with Crippen LogP contribution < -0.4 is 10.1 Å². The lowest BCUT2D eigenvalue weighted by molar-refractivity contribution is -0.113. The molecule has 1 N–H and O–H groups in total. The SMILES string of the molecule is COc1ccc(CSCC(=O)Nc2ccccc2C#N)cc1Br. The van der Waals surface area contributed by atoms with Gasteiger partial charge in [-0.3, -0.25) is 4.79 Å². The smallest absolute Gasteiger partial charge is 0.234 e. The lowest BCUT2D eigenvalue weighted by Gasteiger charge is -2.08. The zero-order valence-electron chi connectivity index (χ0n) is 12.5. The van der Waals surface area contributed by atoms with Crippen molar-refractivity contribution in [1.82, 2.24) is 0 Å². The van der Waals surface area contributed by atoms with Gasteiger partial charge in [-0.15, -0.1) is 11.8 Å². The zero-order valence-corrected chi connectivity index (χ0v) is 14.9. The first-order chi connectivity index (χ1) is 11.1. The van der Waals surface area contributed by atoms with E-state index in [9.17, 15) is 4.79 Å². The van der Waals surface area contributed by atoms with Gasteiger partial charge in [0, 0.05) is 5.75 Å². The van der Waals surface area contributed by atoms with E-state index < -0.39 is 0 Å². The van der Waals surface area contributed by atoms with Crippen molar-refractivity contribution in [3.8, 4) is 11.8 Å². The Hall–Kier alpha value is -1.97. The number of nitrogens with one attached hydrogen (secondary N) is 1. The largest absolute Gasteiger partial charge is 0.496 e. The topological polar surface area (TPSA) is 62.1 Å². The van der Waals surface area contributed by atoms with E-state index in [1.807, 2.05) is 18.2 Å². The molecule has 0 aromatic heterocycles. The summed E-state index contributed by atoms with van der Waals surface area (Å²) in [5.41, 5.74) is 2.12. The van der Waals surface area contributed by atoms with Gasteiger partial charge in [-0.2, -0.15) is 5.26 Å². The number of anilines is 1. The molecule has 2 aromatic carbocycles. The molecule has 118 valence electrons. The minimum absolute atomic E-state index is 0.120. The van der Waals surface area contributed by atoms with Crippen molar-refractivity contribution >= 4 is 39.3 Å². The molecular formula is C17H15BrN2O2S. The molecule has 23 heavy (non-hydrogen) atoms. The Morgan fingerprint density at radius 2 is 2.13 bits per heavy atom. The summed E-state index contributed by atoms with van der Waals surface area (Å²) < 4.78 is 6.08. The van der Waals surface area contributed by atoms with Crippen LogP contribution in [0, 0.1) is 11.3 Å². The van der Waals surface area contributed by atoms with Crippen molar-refractivity contribution in [2.45, 2.75) is 5.75 Å². The fourth-order valence-corrected chi connectivity index (χ4v) is 3.30. The van der Waals surface area contributed by atoms with Gasteiger partial charge in [-0.05, 0) is 45.8 Å². The van der Waals surface area contributed by atoms with Crippen molar-refractivity contribution in [2.75, 3.05) is 18.2 Å². The summed E-state index contributed by atoms with van der Waals surface area (Å²) in [6.07, 6.45) is 0. The maximum Gasteiger partial charge on any atom is 0.234 e. The predicted octanol–water partition coefficient (Wildman–Crippen LogP) is 4.20. The van der Waals surface area contributed by atoms with Crippen LogP contribution in [0.3, 0.4) is 0 Å². The lowest BCUT2D eigenvalue weighted by atomic mass is 10.2. The molecule has 0 saturated carbocycles. The quantitative estimate of drug-likeness (QED) is 0.802. The van der Waals surface area contributed by atoms with Gasteiger partial charge in [0.1, 0.15) is 11.8 Å². The number of carbonyl (C=O) groups excluding carboxylic acids is 1. The molecular weight excluding hydrogens is 376 g/mol. The molecule has 0 unspecified atom stereocenters. The first-order valence-electron chi connectivity index (χ1n) is 6.83. The number of amides is 1. The Labute approximate surface area is 148 Å². The molecule has 0 spiro atoms. The highest BCUT2D eigenvalue weighted by atomic mass is 79.9. The number of halogens is 1. The maximum absolute atomic E-state index is 12.0. The summed E-state index contributed by atoms with van der Waals surface area (Å²) in [5, 5.41) is 11.8. The summed E-state index contributed by atoms with van der Waals surface area (Å²) in [5.74, 6) is 1.70.